The van der Waals surface area contributed by atoms with Crippen LogP contribution in [0.5, 0.6) is 0 Å². The first-order valence-electron chi connectivity index (χ1n) is 3.94. The number of hydrogen-bond acceptors (Lipinski definition) is 5. The molecule has 0 saturated heterocycles. The Morgan fingerprint density at radius 2 is 2.33 bits per heavy atom. The molecule has 8 heteroatoms. The van der Waals surface area contributed by atoms with Gasteiger partial charge in [0.2, 0.25) is 0 Å². The second-order valence-electron chi connectivity index (χ2n) is 2.76. The lowest BCUT2D eigenvalue weighted by atomic mass is 10.3. The molecule has 0 unspecified atom stereocenters. The molecule has 0 fully saturated rings. The normalized spacial score (nSPS) is 11.8. The van der Waals surface area contributed by atoms with Crippen molar-refractivity contribution in [3.05, 3.63) is 28.2 Å². The summed E-state index contributed by atoms with van der Waals surface area (Å²) in [5.74, 6) is 0.483. The van der Waals surface area contributed by atoms with Crippen LogP contribution in [0.2, 0.25) is 0 Å². The highest BCUT2D eigenvalue weighted by atomic mass is 35.7. The van der Waals surface area contributed by atoms with Gasteiger partial charge in [-0.15, -0.1) is 16.4 Å². The summed E-state index contributed by atoms with van der Waals surface area (Å²) in [6, 6.07) is 3.84. The Morgan fingerprint density at radius 3 is 2.87 bits per heavy atom. The van der Waals surface area contributed by atoms with Crippen LogP contribution in [0.4, 0.5) is 0 Å². The zero-order chi connectivity index (χ0) is 10.9. The maximum atomic E-state index is 10.9. The maximum absolute atomic E-state index is 10.9. The number of nitrogens with one attached hydrogen (secondary N) is 1. The molecule has 2 heterocycles. The van der Waals surface area contributed by atoms with Crippen LogP contribution in [-0.2, 0) is 15.5 Å². The summed E-state index contributed by atoms with van der Waals surface area (Å²) >= 11 is 1.56. The third-order valence-corrected chi connectivity index (χ3v) is 3.56. The van der Waals surface area contributed by atoms with Gasteiger partial charge >= 0.3 is 0 Å². The van der Waals surface area contributed by atoms with Gasteiger partial charge < -0.3 is 0 Å². The van der Waals surface area contributed by atoms with Gasteiger partial charge in [0, 0.05) is 22.0 Å². The highest BCUT2D eigenvalue weighted by molar-refractivity contribution is 8.13. The third-order valence-electron chi connectivity index (χ3n) is 1.65. The van der Waals surface area contributed by atoms with E-state index >= 15 is 0 Å². The van der Waals surface area contributed by atoms with Crippen LogP contribution in [-0.4, -0.2) is 23.6 Å². The highest BCUT2D eigenvalue weighted by Crippen LogP contribution is 2.14. The summed E-state index contributed by atoms with van der Waals surface area (Å²) < 4.78 is 21.7. The number of nitrogens with zero attached hydrogens (tertiary/aromatic N) is 2. The minimum absolute atomic E-state index is 0.379. The second kappa shape index (κ2) is 3.92. The predicted octanol–water partition coefficient (Wildman–Crippen LogP) is 1.38. The van der Waals surface area contributed by atoms with Gasteiger partial charge in [0.25, 0.3) is 14.2 Å². The van der Waals surface area contributed by atoms with E-state index in [4.69, 9.17) is 10.7 Å². The Bertz CT molecular complexity index is 547. The van der Waals surface area contributed by atoms with E-state index in [2.05, 4.69) is 15.2 Å². The Hall–Kier alpha value is -0.920. The van der Waals surface area contributed by atoms with Crippen molar-refractivity contribution in [2.24, 2.45) is 0 Å². The van der Waals surface area contributed by atoms with Crippen LogP contribution < -0.4 is 0 Å². The molecule has 0 spiro atoms. The molecule has 80 valence electrons. The van der Waals surface area contributed by atoms with Gasteiger partial charge in [-0.2, -0.15) is 0 Å². The lowest BCUT2D eigenvalue weighted by Crippen LogP contribution is -1.93. The fourth-order valence-electron chi connectivity index (χ4n) is 1.04. The van der Waals surface area contributed by atoms with Crippen LogP contribution in [0.1, 0.15) is 10.7 Å². The van der Waals surface area contributed by atoms with Crippen molar-refractivity contribution in [3.8, 4) is 0 Å². The Labute approximate surface area is 94.5 Å². The van der Waals surface area contributed by atoms with Gasteiger partial charge in [0.05, 0.1) is 0 Å². The monoisotopic (exact) mass is 263 g/mol. The van der Waals surface area contributed by atoms with Crippen molar-refractivity contribution in [3.63, 3.8) is 0 Å². The first-order valence-corrected chi connectivity index (χ1v) is 7.13. The van der Waals surface area contributed by atoms with Gasteiger partial charge in [0.1, 0.15) is 5.82 Å². The van der Waals surface area contributed by atoms with Crippen molar-refractivity contribution in [2.75, 3.05) is 0 Å². The van der Waals surface area contributed by atoms with Crippen molar-refractivity contribution in [2.45, 2.75) is 11.6 Å². The van der Waals surface area contributed by atoms with Gasteiger partial charge in [-0.05, 0) is 11.4 Å². The standard InChI is InChI=1S/C7H6ClN3O2S2/c8-15(12,13)7-9-6(10-11-7)4-5-2-1-3-14-5/h1-3H,4H2,(H,9,10,11). The smallest absolute Gasteiger partial charge is 0.262 e. The van der Waals surface area contributed by atoms with Gasteiger partial charge in [-0.25, -0.2) is 13.4 Å². The van der Waals surface area contributed by atoms with E-state index in [0.29, 0.717) is 12.2 Å². The Kier molecular flexibility index (Phi) is 2.76. The first-order chi connectivity index (χ1) is 7.05. The molecule has 0 radical (unpaired) electrons. The molecule has 0 atom stereocenters. The molecule has 2 rings (SSSR count). The van der Waals surface area contributed by atoms with E-state index in [9.17, 15) is 8.42 Å². The lowest BCUT2D eigenvalue weighted by Gasteiger charge is -1.89. The molecule has 0 aliphatic heterocycles. The molecule has 1 N–H and O–H groups in total. The van der Waals surface area contributed by atoms with Crippen molar-refractivity contribution in [1.29, 1.82) is 0 Å². The summed E-state index contributed by atoms with van der Waals surface area (Å²) in [6.45, 7) is 0. The minimum Gasteiger partial charge on any atom is -0.262 e. The molecule has 15 heavy (non-hydrogen) atoms. The van der Waals surface area contributed by atoms with Crippen LogP contribution in [0.3, 0.4) is 0 Å². The molecule has 0 saturated carbocycles. The van der Waals surface area contributed by atoms with Gasteiger partial charge in [-0.3, -0.25) is 5.10 Å². The molecule has 2 aromatic rings. The van der Waals surface area contributed by atoms with Crippen LogP contribution in [0.25, 0.3) is 0 Å². The van der Waals surface area contributed by atoms with E-state index in [1.54, 1.807) is 11.3 Å². The SMILES string of the molecule is O=S(=O)(Cl)c1n[nH]c(Cc2cccs2)n1. The number of aromatic amines is 1. The largest absolute Gasteiger partial charge is 0.298 e. The van der Waals surface area contributed by atoms with E-state index in [1.165, 1.54) is 0 Å². The van der Waals surface area contributed by atoms with E-state index in [-0.39, 0.29) is 5.16 Å². The topological polar surface area (TPSA) is 75.7 Å². The molecule has 0 aliphatic carbocycles. The van der Waals surface area contributed by atoms with Crippen LogP contribution >= 0.6 is 22.0 Å². The van der Waals surface area contributed by atoms with Crippen LogP contribution in [0, 0.1) is 0 Å². The number of hydrogen-bond donors (Lipinski definition) is 1. The summed E-state index contributed by atoms with van der Waals surface area (Å²) in [7, 11) is 1.24. The summed E-state index contributed by atoms with van der Waals surface area (Å²) in [6.07, 6.45) is 0.525. The molecule has 5 nitrogen and oxygen atoms in total. The second-order valence-corrected chi connectivity index (χ2v) is 6.25. The average Bonchev–Trinajstić information content (AvgIpc) is 2.73. The van der Waals surface area contributed by atoms with Crippen molar-refractivity contribution >= 4 is 31.1 Å². The van der Waals surface area contributed by atoms with Crippen LogP contribution in [0.15, 0.2) is 22.7 Å². The number of aromatic nitrogens is 3. The van der Waals surface area contributed by atoms with Crippen molar-refractivity contribution in [1.82, 2.24) is 15.2 Å². The number of H-pyrrole nitrogens is 1. The van der Waals surface area contributed by atoms with E-state index < -0.39 is 9.05 Å². The van der Waals surface area contributed by atoms with Crippen molar-refractivity contribution < 1.29 is 8.42 Å². The lowest BCUT2D eigenvalue weighted by molar-refractivity contribution is 0.602. The number of thiophene rings is 1. The first kappa shape index (κ1) is 10.6. The maximum Gasteiger partial charge on any atom is 0.298 e. The molecule has 0 amide bonds. The molecule has 0 bridgehead atoms. The minimum atomic E-state index is -3.84. The Morgan fingerprint density at radius 1 is 1.53 bits per heavy atom. The Balaban J connectivity index is 2.22. The average molecular weight is 264 g/mol. The molecular formula is C7H6ClN3O2S2. The fraction of sp³-hybridized carbons (Fsp3) is 0.143. The number of halogens is 1. The number of rotatable bonds is 3. The summed E-state index contributed by atoms with van der Waals surface area (Å²) in [4.78, 5) is 4.85. The molecular weight excluding hydrogens is 258 g/mol. The summed E-state index contributed by atoms with van der Waals surface area (Å²) in [5.41, 5.74) is 0. The molecule has 2 aromatic heterocycles. The zero-order valence-corrected chi connectivity index (χ0v) is 9.73. The van der Waals surface area contributed by atoms with Gasteiger partial charge in [0.15, 0.2) is 0 Å². The molecule has 0 aliphatic rings. The predicted molar refractivity (Wildman–Crippen MR) is 56.5 cm³/mol. The van der Waals surface area contributed by atoms with E-state index in [1.807, 2.05) is 17.5 Å². The molecule has 0 aromatic carbocycles. The highest BCUT2D eigenvalue weighted by Gasteiger charge is 2.16. The van der Waals surface area contributed by atoms with Gasteiger partial charge in [-0.1, -0.05) is 6.07 Å². The van der Waals surface area contributed by atoms with E-state index in [0.717, 1.165) is 4.88 Å². The third kappa shape index (κ3) is 2.55. The fourth-order valence-corrected chi connectivity index (χ4v) is 2.33. The zero-order valence-electron chi connectivity index (χ0n) is 7.34. The summed E-state index contributed by atoms with van der Waals surface area (Å²) in [5, 5.41) is 7.61. The quantitative estimate of drug-likeness (QED) is 0.849.